The lowest BCUT2D eigenvalue weighted by atomic mass is 10.0. The Kier molecular flexibility index (Phi) is 5.76. The van der Waals surface area contributed by atoms with Gasteiger partial charge in [-0.25, -0.2) is 13.4 Å². The second-order valence-electron chi connectivity index (χ2n) is 6.57. The molecule has 1 atom stereocenters. The van der Waals surface area contributed by atoms with E-state index < -0.39 is 15.6 Å². The number of hydrogen-bond acceptors (Lipinski definition) is 7. The molecular formula is C15H26N4O5S. The van der Waals surface area contributed by atoms with Crippen LogP contribution in [-0.4, -0.2) is 99.0 Å². The number of imidazole rings is 1. The van der Waals surface area contributed by atoms with Crippen molar-refractivity contribution in [3.8, 4) is 0 Å². The van der Waals surface area contributed by atoms with E-state index in [0.29, 0.717) is 39.5 Å². The first kappa shape index (κ1) is 18.7. The van der Waals surface area contributed by atoms with E-state index in [9.17, 15) is 8.42 Å². The van der Waals surface area contributed by atoms with Gasteiger partial charge in [-0.1, -0.05) is 0 Å². The Morgan fingerprint density at radius 3 is 2.88 bits per heavy atom. The van der Waals surface area contributed by atoms with Crippen molar-refractivity contribution in [2.45, 2.75) is 10.6 Å². The van der Waals surface area contributed by atoms with Crippen molar-refractivity contribution < 1.29 is 22.6 Å². The first-order chi connectivity index (χ1) is 12.0. The molecule has 25 heavy (non-hydrogen) atoms. The van der Waals surface area contributed by atoms with Crippen LogP contribution in [0.25, 0.3) is 0 Å². The zero-order chi connectivity index (χ0) is 17.9. The maximum Gasteiger partial charge on any atom is 0.262 e. The highest BCUT2D eigenvalue weighted by molar-refractivity contribution is 7.89. The van der Waals surface area contributed by atoms with Crippen LogP contribution >= 0.6 is 0 Å². The number of nitrogens with zero attached hydrogens (tertiary/aromatic N) is 4. The number of rotatable bonds is 5. The first-order valence-electron chi connectivity index (χ1n) is 8.36. The van der Waals surface area contributed by atoms with Gasteiger partial charge in [-0.2, -0.15) is 4.31 Å². The minimum Gasteiger partial charge on any atom is -0.383 e. The molecule has 3 rings (SSSR count). The van der Waals surface area contributed by atoms with Crippen molar-refractivity contribution >= 4 is 10.0 Å². The Balaban J connectivity index is 1.77. The Bertz CT molecular complexity index is 679. The van der Waals surface area contributed by atoms with Crippen LogP contribution in [0, 0.1) is 0 Å². The van der Waals surface area contributed by atoms with Gasteiger partial charge in [0.05, 0.1) is 32.8 Å². The van der Waals surface area contributed by atoms with E-state index in [1.54, 1.807) is 18.7 Å². The lowest BCUT2D eigenvalue weighted by molar-refractivity contribution is -0.126. The highest BCUT2D eigenvalue weighted by Gasteiger charge is 2.44. The predicted octanol–water partition coefficient (Wildman–Crippen LogP) is -0.842. The van der Waals surface area contributed by atoms with E-state index in [1.165, 1.54) is 16.8 Å². The molecule has 1 aromatic rings. The molecule has 1 unspecified atom stereocenters. The van der Waals surface area contributed by atoms with Gasteiger partial charge in [0, 0.05) is 53.1 Å². The number of morpholine rings is 1. The molecule has 1 spiro atoms. The first-order valence-corrected chi connectivity index (χ1v) is 9.80. The molecule has 2 aliphatic heterocycles. The predicted molar refractivity (Wildman–Crippen MR) is 89.8 cm³/mol. The number of methoxy groups -OCH3 is 1. The maximum atomic E-state index is 12.9. The van der Waals surface area contributed by atoms with E-state index in [-0.39, 0.29) is 11.6 Å². The standard InChI is InChI=1S/C15H26N4O5S/c1-17-9-14(16-13-17)25(20,21)19-5-8-24-15(11-19)10-18(3-6-22-2)4-7-23-12-15/h9,13H,3-8,10-12H2,1-2H3. The maximum absolute atomic E-state index is 12.9. The van der Waals surface area contributed by atoms with Gasteiger partial charge in [-0.05, 0) is 0 Å². The molecule has 0 aliphatic carbocycles. The Morgan fingerprint density at radius 1 is 1.32 bits per heavy atom. The average Bonchev–Trinajstić information content (AvgIpc) is 2.94. The van der Waals surface area contributed by atoms with Crippen LogP contribution in [0.5, 0.6) is 0 Å². The third-order valence-corrected chi connectivity index (χ3v) is 6.27. The zero-order valence-electron chi connectivity index (χ0n) is 14.8. The summed E-state index contributed by atoms with van der Waals surface area (Å²) >= 11 is 0. The van der Waals surface area contributed by atoms with Gasteiger partial charge >= 0.3 is 0 Å². The summed E-state index contributed by atoms with van der Waals surface area (Å²) in [5.74, 6) is 0. The highest BCUT2D eigenvalue weighted by Crippen LogP contribution is 2.26. The number of aromatic nitrogens is 2. The van der Waals surface area contributed by atoms with Crippen molar-refractivity contribution in [2.24, 2.45) is 7.05 Å². The molecule has 9 nitrogen and oxygen atoms in total. The van der Waals surface area contributed by atoms with E-state index in [4.69, 9.17) is 14.2 Å². The second-order valence-corrected chi connectivity index (χ2v) is 8.45. The van der Waals surface area contributed by atoms with Crippen molar-refractivity contribution in [1.82, 2.24) is 18.8 Å². The lowest BCUT2D eigenvalue weighted by Gasteiger charge is -2.42. The van der Waals surface area contributed by atoms with Crippen LogP contribution in [-0.2, 0) is 31.3 Å². The number of hydrogen-bond donors (Lipinski definition) is 0. The quantitative estimate of drug-likeness (QED) is 0.664. The van der Waals surface area contributed by atoms with Crippen molar-refractivity contribution in [1.29, 1.82) is 0 Å². The smallest absolute Gasteiger partial charge is 0.262 e. The van der Waals surface area contributed by atoms with Gasteiger partial charge in [0.2, 0.25) is 0 Å². The third kappa shape index (κ3) is 4.21. The van der Waals surface area contributed by atoms with E-state index in [2.05, 4.69) is 9.88 Å². The van der Waals surface area contributed by atoms with Crippen LogP contribution < -0.4 is 0 Å². The molecule has 2 fully saturated rings. The number of sulfonamides is 1. The van der Waals surface area contributed by atoms with Crippen molar-refractivity contribution in [2.75, 3.05) is 66.3 Å². The van der Waals surface area contributed by atoms with Gasteiger partial charge in [-0.15, -0.1) is 0 Å². The minimum absolute atomic E-state index is 0.0674. The van der Waals surface area contributed by atoms with E-state index in [0.717, 1.165) is 13.1 Å². The molecule has 0 amide bonds. The van der Waals surface area contributed by atoms with Crippen LogP contribution in [0.4, 0.5) is 0 Å². The van der Waals surface area contributed by atoms with Gasteiger partial charge < -0.3 is 18.8 Å². The Labute approximate surface area is 148 Å². The summed E-state index contributed by atoms with van der Waals surface area (Å²) in [6, 6.07) is 0. The molecular weight excluding hydrogens is 348 g/mol. The normalized spacial score (nSPS) is 26.8. The van der Waals surface area contributed by atoms with E-state index in [1.807, 2.05) is 0 Å². The van der Waals surface area contributed by atoms with Gasteiger partial charge in [-0.3, -0.25) is 4.90 Å². The number of aryl methyl sites for hydroxylation is 1. The zero-order valence-corrected chi connectivity index (χ0v) is 15.6. The Morgan fingerprint density at radius 2 is 2.16 bits per heavy atom. The lowest BCUT2D eigenvalue weighted by Crippen LogP contribution is -2.59. The fourth-order valence-electron chi connectivity index (χ4n) is 3.25. The van der Waals surface area contributed by atoms with Crippen LogP contribution in [0.2, 0.25) is 0 Å². The molecule has 0 bridgehead atoms. The molecule has 1 aromatic heterocycles. The van der Waals surface area contributed by atoms with Crippen molar-refractivity contribution in [3.05, 3.63) is 12.5 Å². The van der Waals surface area contributed by atoms with Gasteiger partial charge in [0.15, 0.2) is 5.03 Å². The monoisotopic (exact) mass is 374 g/mol. The summed E-state index contributed by atoms with van der Waals surface area (Å²) in [6.45, 7) is 4.67. The molecule has 0 saturated carbocycles. The fraction of sp³-hybridized carbons (Fsp3) is 0.800. The second kappa shape index (κ2) is 7.68. The number of ether oxygens (including phenoxy) is 3. The summed E-state index contributed by atoms with van der Waals surface area (Å²) in [5, 5.41) is 0.0674. The van der Waals surface area contributed by atoms with Crippen LogP contribution in [0.15, 0.2) is 17.6 Å². The van der Waals surface area contributed by atoms with Crippen molar-refractivity contribution in [3.63, 3.8) is 0 Å². The minimum atomic E-state index is -3.64. The SMILES string of the molecule is COCCN1CCOCC2(C1)CN(S(=O)(=O)c1cn(C)cn1)CCO2. The average molecular weight is 374 g/mol. The summed E-state index contributed by atoms with van der Waals surface area (Å²) in [5.41, 5.74) is -0.662. The molecule has 0 aromatic carbocycles. The Hall–Kier alpha value is -1.04. The fourth-order valence-corrected chi connectivity index (χ4v) is 4.71. The molecule has 142 valence electrons. The summed E-state index contributed by atoms with van der Waals surface area (Å²) in [4.78, 5) is 6.21. The topological polar surface area (TPSA) is 86.1 Å². The summed E-state index contributed by atoms with van der Waals surface area (Å²) in [7, 11) is -0.222. The van der Waals surface area contributed by atoms with Crippen LogP contribution in [0.1, 0.15) is 0 Å². The molecule has 0 radical (unpaired) electrons. The third-order valence-electron chi connectivity index (χ3n) is 4.54. The van der Waals surface area contributed by atoms with E-state index >= 15 is 0 Å². The summed E-state index contributed by atoms with van der Waals surface area (Å²) < 4.78 is 45.8. The molecule has 3 heterocycles. The summed E-state index contributed by atoms with van der Waals surface area (Å²) in [6.07, 6.45) is 3.01. The highest BCUT2D eigenvalue weighted by atomic mass is 32.2. The largest absolute Gasteiger partial charge is 0.383 e. The molecule has 2 saturated heterocycles. The van der Waals surface area contributed by atoms with Gasteiger partial charge in [0.1, 0.15) is 5.60 Å². The van der Waals surface area contributed by atoms with Crippen LogP contribution in [0.3, 0.4) is 0 Å². The molecule has 2 aliphatic rings. The molecule has 10 heteroatoms. The van der Waals surface area contributed by atoms with Gasteiger partial charge in [0.25, 0.3) is 10.0 Å². The molecule has 0 N–H and O–H groups in total.